The molecule has 2 atom stereocenters. The number of rotatable bonds is 2. The molecule has 0 spiro atoms. The highest BCUT2D eigenvalue weighted by atomic mass is 35.5. The molecule has 1 heterocycles. The number of nitrogens with two attached hydrogens (primary N) is 1. The van der Waals surface area contributed by atoms with Gasteiger partial charge in [-0.1, -0.05) is 11.6 Å². The molecule has 0 saturated carbocycles. The Bertz CT molecular complexity index is 441. The summed E-state index contributed by atoms with van der Waals surface area (Å²) in [6.07, 6.45) is 0.988. The Morgan fingerprint density at radius 3 is 2.78 bits per heavy atom. The molecule has 0 bridgehead atoms. The molecule has 18 heavy (non-hydrogen) atoms. The summed E-state index contributed by atoms with van der Waals surface area (Å²) in [5.74, 6) is 0.480. The zero-order valence-electron chi connectivity index (χ0n) is 10.8. The summed E-state index contributed by atoms with van der Waals surface area (Å²) in [6.45, 7) is 5.41. The van der Waals surface area contributed by atoms with Gasteiger partial charge in [-0.2, -0.15) is 0 Å². The first kappa shape index (κ1) is 13.4. The number of halogens is 1. The summed E-state index contributed by atoms with van der Waals surface area (Å²) in [7, 11) is 0. The molecule has 1 aliphatic heterocycles. The third-order valence-electron chi connectivity index (χ3n) is 3.54. The highest BCUT2D eigenvalue weighted by molar-refractivity contribution is 6.31. The van der Waals surface area contributed by atoms with Crippen LogP contribution in [0.5, 0.6) is 0 Å². The second-order valence-corrected chi connectivity index (χ2v) is 5.60. The highest BCUT2D eigenvalue weighted by Gasteiger charge is 2.32. The van der Waals surface area contributed by atoms with E-state index in [9.17, 15) is 4.79 Å². The first-order chi connectivity index (χ1) is 8.51. The molecule has 2 rings (SSSR count). The van der Waals surface area contributed by atoms with Crippen LogP contribution in [0.1, 0.15) is 29.3 Å². The van der Waals surface area contributed by atoms with E-state index >= 15 is 0 Å². The summed E-state index contributed by atoms with van der Waals surface area (Å²) in [5, 5.41) is 0.612. The van der Waals surface area contributed by atoms with Gasteiger partial charge in [0.2, 0.25) is 0 Å². The molecular formula is C14H19ClN2O. The molecule has 4 heteroatoms. The SMILES string of the molecule is Cc1cc(Cl)cc(C(=O)N2CC(CN)CC2C)c1. The Morgan fingerprint density at radius 2 is 2.22 bits per heavy atom. The van der Waals surface area contributed by atoms with E-state index in [0.29, 0.717) is 23.0 Å². The first-order valence-electron chi connectivity index (χ1n) is 6.29. The van der Waals surface area contributed by atoms with Crippen molar-refractivity contribution in [1.82, 2.24) is 4.90 Å². The van der Waals surface area contributed by atoms with E-state index in [4.69, 9.17) is 17.3 Å². The summed E-state index contributed by atoms with van der Waals surface area (Å²) in [6, 6.07) is 5.73. The molecule has 1 aromatic rings. The van der Waals surface area contributed by atoms with Crippen LogP contribution in [0.2, 0.25) is 5.02 Å². The third kappa shape index (κ3) is 2.68. The molecular weight excluding hydrogens is 248 g/mol. The Kier molecular flexibility index (Phi) is 3.93. The lowest BCUT2D eigenvalue weighted by Gasteiger charge is -2.22. The Balaban J connectivity index is 2.21. The van der Waals surface area contributed by atoms with Crippen LogP contribution in [-0.4, -0.2) is 29.9 Å². The maximum atomic E-state index is 12.4. The van der Waals surface area contributed by atoms with Crippen LogP contribution in [-0.2, 0) is 0 Å². The largest absolute Gasteiger partial charge is 0.336 e. The van der Waals surface area contributed by atoms with E-state index in [1.807, 2.05) is 24.0 Å². The van der Waals surface area contributed by atoms with E-state index in [0.717, 1.165) is 18.5 Å². The van der Waals surface area contributed by atoms with Crippen molar-refractivity contribution in [3.8, 4) is 0 Å². The highest BCUT2D eigenvalue weighted by Crippen LogP contribution is 2.25. The van der Waals surface area contributed by atoms with Crippen molar-refractivity contribution < 1.29 is 4.79 Å². The molecule has 2 unspecified atom stereocenters. The molecule has 0 aliphatic carbocycles. The zero-order valence-corrected chi connectivity index (χ0v) is 11.6. The topological polar surface area (TPSA) is 46.3 Å². The monoisotopic (exact) mass is 266 g/mol. The lowest BCUT2D eigenvalue weighted by molar-refractivity contribution is 0.0743. The van der Waals surface area contributed by atoms with Crippen molar-refractivity contribution in [3.05, 3.63) is 34.3 Å². The van der Waals surface area contributed by atoms with E-state index in [2.05, 4.69) is 6.92 Å². The van der Waals surface area contributed by atoms with Crippen LogP contribution in [0.3, 0.4) is 0 Å². The van der Waals surface area contributed by atoms with E-state index in [-0.39, 0.29) is 11.9 Å². The molecule has 98 valence electrons. The van der Waals surface area contributed by atoms with Gasteiger partial charge in [0.05, 0.1) is 0 Å². The van der Waals surface area contributed by atoms with E-state index < -0.39 is 0 Å². The number of likely N-dealkylation sites (tertiary alicyclic amines) is 1. The number of hydrogen-bond donors (Lipinski definition) is 1. The van der Waals surface area contributed by atoms with Crippen molar-refractivity contribution in [3.63, 3.8) is 0 Å². The van der Waals surface area contributed by atoms with Gasteiger partial charge < -0.3 is 10.6 Å². The fraction of sp³-hybridized carbons (Fsp3) is 0.500. The second-order valence-electron chi connectivity index (χ2n) is 5.16. The van der Waals surface area contributed by atoms with Gasteiger partial charge in [0.1, 0.15) is 0 Å². The lowest BCUT2D eigenvalue weighted by Crippen LogP contribution is -2.34. The van der Waals surface area contributed by atoms with Gasteiger partial charge in [-0.15, -0.1) is 0 Å². The normalized spacial score (nSPS) is 23.4. The molecule has 1 saturated heterocycles. The Labute approximate surface area is 113 Å². The average molecular weight is 267 g/mol. The van der Waals surface area contributed by atoms with E-state index in [1.165, 1.54) is 0 Å². The van der Waals surface area contributed by atoms with Crippen molar-refractivity contribution in [2.45, 2.75) is 26.3 Å². The number of hydrogen-bond acceptors (Lipinski definition) is 2. The van der Waals surface area contributed by atoms with Gasteiger partial charge in [0, 0.05) is 23.2 Å². The van der Waals surface area contributed by atoms with Crippen LogP contribution in [0.15, 0.2) is 18.2 Å². The van der Waals surface area contributed by atoms with Crippen molar-refractivity contribution >= 4 is 17.5 Å². The minimum Gasteiger partial charge on any atom is -0.336 e. The van der Waals surface area contributed by atoms with Crippen molar-refractivity contribution in [1.29, 1.82) is 0 Å². The van der Waals surface area contributed by atoms with Crippen LogP contribution >= 0.6 is 11.6 Å². The molecule has 3 nitrogen and oxygen atoms in total. The van der Waals surface area contributed by atoms with Gasteiger partial charge in [0.15, 0.2) is 0 Å². The van der Waals surface area contributed by atoms with Gasteiger partial charge >= 0.3 is 0 Å². The molecule has 1 aromatic carbocycles. The second kappa shape index (κ2) is 5.29. The van der Waals surface area contributed by atoms with Crippen LogP contribution < -0.4 is 5.73 Å². The predicted octanol–water partition coefficient (Wildman–Crippen LogP) is 2.46. The van der Waals surface area contributed by atoms with E-state index in [1.54, 1.807) is 6.07 Å². The third-order valence-corrected chi connectivity index (χ3v) is 3.76. The number of amides is 1. The Morgan fingerprint density at radius 1 is 1.50 bits per heavy atom. The summed E-state index contributed by atoms with van der Waals surface area (Å²) in [5.41, 5.74) is 7.36. The quantitative estimate of drug-likeness (QED) is 0.894. The summed E-state index contributed by atoms with van der Waals surface area (Å²) < 4.78 is 0. The number of carbonyl (C=O) groups is 1. The van der Waals surface area contributed by atoms with Crippen LogP contribution in [0.4, 0.5) is 0 Å². The fourth-order valence-corrected chi connectivity index (χ4v) is 2.91. The van der Waals surface area contributed by atoms with Crippen molar-refractivity contribution in [2.24, 2.45) is 11.7 Å². The van der Waals surface area contributed by atoms with Crippen molar-refractivity contribution in [2.75, 3.05) is 13.1 Å². The van der Waals surface area contributed by atoms with Gasteiger partial charge in [-0.3, -0.25) is 4.79 Å². The summed E-state index contributed by atoms with van der Waals surface area (Å²) in [4.78, 5) is 14.4. The maximum absolute atomic E-state index is 12.4. The Hall–Kier alpha value is -1.06. The fourth-order valence-electron chi connectivity index (χ4n) is 2.62. The van der Waals surface area contributed by atoms with Gasteiger partial charge in [-0.25, -0.2) is 0 Å². The molecule has 1 aliphatic rings. The molecule has 0 radical (unpaired) electrons. The summed E-state index contributed by atoms with van der Waals surface area (Å²) >= 11 is 6.00. The number of nitrogens with zero attached hydrogens (tertiary/aromatic N) is 1. The molecule has 2 N–H and O–H groups in total. The zero-order chi connectivity index (χ0) is 13.3. The smallest absolute Gasteiger partial charge is 0.254 e. The number of aryl methyl sites for hydroxylation is 1. The molecule has 0 aromatic heterocycles. The number of benzene rings is 1. The standard InChI is InChI=1S/C14H19ClN2O/c1-9-3-12(6-13(15)4-9)14(18)17-8-11(7-16)5-10(17)2/h3-4,6,10-11H,5,7-8,16H2,1-2H3. The molecule has 1 amide bonds. The lowest BCUT2D eigenvalue weighted by atomic mass is 10.1. The minimum atomic E-state index is 0.0593. The van der Waals surface area contributed by atoms with Gasteiger partial charge in [-0.05, 0) is 56.5 Å². The van der Waals surface area contributed by atoms with Crippen LogP contribution in [0.25, 0.3) is 0 Å². The molecule has 1 fully saturated rings. The maximum Gasteiger partial charge on any atom is 0.254 e. The number of carbonyl (C=O) groups excluding carboxylic acids is 1. The predicted molar refractivity (Wildman–Crippen MR) is 73.8 cm³/mol. The average Bonchev–Trinajstić information content (AvgIpc) is 2.68. The first-order valence-corrected chi connectivity index (χ1v) is 6.67. The minimum absolute atomic E-state index is 0.0593. The van der Waals surface area contributed by atoms with Gasteiger partial charge in [0.25, 0.3) is 5.91 Å². The van der Waals surface area contributed by atoms with Crippen LogP contribution in [0, 0.1) is 12.8 Å².